The molecule has 0 bridgehead atoms. The minimum absolute atomic E-state index is 0.0602. The Labute approximate surface area is 223 Å². The summed E-state index contributed by atoms with van der Waals surface area (Å²) >= 11 is 1.27. The molecule has 0 spiro atoms. The van der Waals surface area contributed by atoms with Gasteiger partial charge in [-0.1, -0.05) is 71.5 Å². The van der Waals surface area contributed by atoms with E-state index in [0.717, 1.165) is 16.7 Å². The molecule has 1 aromatic heterocycles. The molecule has 1 aliphatic heterocycles. The first-order chi connectivity index (χ1) is 18.4. The summed E-state index contributed by atoms with van der Waals surface area (Å²) < 4.78 is 7.49. The van der Waals surface area contributed by atoms with Crippen molar-refractivity contribution in [2.75, 3.05) is 11.9 Å². The fourth-order valence-electron chi connectivity index (χ4n) is 4.36. The summed E-state index contributed by atoms with van der Waals surface area (Å²) in [6.45, 7) is 3.73. The van der Waals surface area contributed by atoms with Crippen LogP contribution in [0.2, 0.25) is 0 Å². The molecule has 0 radical (unpaired) electrons. The van der Waals surface area contributed by atoms with Gasteiger partial charge in [0.25, 0.3) is 11.5 Å². The minimum Gasteiger partial charge on any atom is -0.479 e. The van der Waals surface area contributed by atoms with Gasteiger partial charge in [-0.3, -0.25) is 14.2 Å². The normalized spacial score (nSPS) is 14.9. The first kappa shape index (κ1) is 24.9. The third-order valence-electron chi connectivity index (χ3n) is 6.15. The molecule has 0 fully saturated rings. The van der Waals surface area contributed by atoms with Crippen molar-refractivity contribution in [3.05, 3.63) is 127 Å². The molecule has 1 N–H and O–H groups in total. The molecule has 0 saturated heterocycles. The molecule has 1 aliphatic rings. The molecule has 0 aliphatic carbocycles. The lowest BCUT2D eigenvalue weighted by Gasteiger charge is -2.25. The maximum atomic E-state index is 13.8. The number of allylic oxidation sites excluding steroid dienone is 1. The molecule has 5 rings (SSSR count). The van der Waals surface area contributed by atoms with Crippen LogP contribution in [0.1, 0.15) is 29.7 Å². The lowest BCUT2D eigenvalue weighted by molar-refractivity contribution is -0.113. The SMILES string of the molecule is CC1=C(C(=O)Nc2ccccc2)[C@@H](c2ccc(C)cc2)n2c(s/c(=C\c3cccc(OCC#N)c3)c2=O)=N1. The second kappa shape index (κ2) is 10.7. The molecule has 8 heteroatoms. The molecule has 0 saturated carbocycles. The summed E-state index contributed by atoms with van der Waals surface area (Å²) in [5.41, 5.74) is 4.07. The lowest BCUT2D eigenvalue weighted by Crippen LogP contribution is -2.40. The van der Waals surface area contributed by atoms with Gasteiger partial charge in [0.2, 0.25) is 0 Å². The molecule has 1 amide bonds. The highest BCUT2D eigenvalue weighted by atomic mass is 32.1. The van der Waals surface area contributed by atoms with E-state index in [4.69, 9.17) is 10.00 Å². The predicted molar refractivity (Wildman–Crippen MR) is 148 cm³/mol. The van der Waals surface area contributed by atoms with Crippen LogP contribution in [0.3, 0.4) is 0 Å². The molecule has 38 heavy (non-hydrogen) atoms. The molecule has 2 heterocycles. The zero-order valence-electron chi connectivity index (χ0n) is 20.8. The fourth-order valence-corrected chi connectivity index (χ4v) is 5.40. The van der Waals surface area contributed by atoms with Gasteiger partial charge in [0.1, 0.15) is 11.8 Å². The van der Waals surface area contributed by atoms with Crippen LogP contribution in [0.25, 0.3) is 6.08 Å². The molecule has 4 aromatic rings. The van der Waals surface area contributed by atoms with Crippen LogP contribution < -0.4 is 24.9 Å². The van der Waals surface area contributed by atoms with E-state index in [1.807, 2.05) is 73.7 Å². The fraction of sp³-hybridized carbons (Fsp3) is 0.133. The van der Waals surface area contributed by atoms with Crippen LogP contribution in [0.4, 0.5) is 5.69 Å². The summed E-state index contributed by atoms with van der Waals surface area (Å²) in [4.78, 5) is 32.6. The number of nitrogens with zero attached hydrogens (tertiary/aromatic N) is 3. The monoisotopic (exact) mass is 520 g/mol. The van der Waals surface area contributed by atoms with Crippen LogP contribution in [0, 0.1) is 18.3 Å². The van der Waals surface area contributed by atoms with Crippen LogP contribution in [0.5, 0.6) is 5.75 Å². The van der Waals surface area contributed by atoms with Crippen LogP contribution in [-0.2, 0) is 4.79 Å². The number of thiazole rings is 1. The van der Waals surface area contributed by atoms with Gasteiger partial charge in [-0.05, 0) is 55.3 Å². The van der Waals surface area contributed by atoms with Gasteiger partial charge in [0, 0.05) is 5.69 Å². The Morgan fingerprint density at radius 3 is 2.61 bits per heavy atom. The number of rotatable bonds is 6. The number of hydrogen-bond acceptors (Lipinski definition) is 6. The second-order valence-electron chi connectivity index (χ2n) is 8.83. The molecular weight excluding hydrogens is 496 g/mol. The Morgan fingerprint density at radius 1 is 1.11 bits per heavy atom. The lowest BCUT2D eigenvalue weighted by atomic mass is 9.94. The molecule has 3 aromatic carbocycles. The van der Waals surface area contributed by atoms with Crippen molar-refractivity contribution in [2.24, 2.45) is 4.99 Å². The molecule has 7 nitrogen and oxygen atoms in total. The highest BCUT2D eigenvalue weighted by molar-refractivity contribution is 7.07. The minimum atomic E-state index is -0.636. The number of fused-ring (bicyclic) bond motifs is 1. The first-order valence-electron chi connectivity index (χ1n) is 12.0. The molecular formula is C30H24N4O3S. The van der Waals surface area contributed by atoms with E-state index in [2.05, 4.69) is 10.3 Å². The number of nitriles is 1. The summed E-state index contributed by atoms with van der Waals surface area (Å²) in [7, 11) is 0. The van der Waals surface area contributed by atoms with Crippen molar-refractivity contribution < 1.29 is 9.53 Å². The van der Waals surface area contributed by atoms with Crippen molar-refractivity contribution in [3.8, 4) is 11.8 Å². The third kappa shape index (κ3) is 5.05. The number of hydrogen-bond donors (Lipinski definition) is 1. The quantitative estimate of drug-likeness (QED) is 0.414. The summed E-state index contributed by atoms with van der Waals surface area (Å²) in [6.07, 6.45) is 1.78. The Bertz CT molecular complexity index is 1760. The van der Waals surface area contributed by atoms with Crippen LogP contribution in [0.15, 0.2) is 99.9 Å². The Morgan fingerprint density at radius 2 is 1.87 bits per heavy atom. The van der Waals surface area contributed by atoms with Crippen molar-refractivity contribution >= 4 is 29.0 Å². The Hall–Kier alpha value is -4.74. The van der Waals surface area contributed by atoms with Crippen molar-refractivity contribution in [1.82, 2.24) is 4.57 Å². The standard InChI is InChI=1S/C30H24N4O3S/c1-19-11-13-22(14-12-19)27-26(28(35)33-23-8-4-3-5-9-23)20(2)32-30-34(27)29(36)25(38-30)18-21-7-6-10-24(17-21)37-16-15-31/h3-14,17-18,27H,16H2,1-2H3,(H,33,35)/b25-18-/t27-/m1/s1. The topological polar surface area (TPSA) is 96.5 Å². The number of nitrogens with one attached hydrogen (secondary N) is 1. The number of aromatic nitrogens is 1. The Balaban J connectivity index is 1.63. The second-order valence-corrected chi connectivity index (χ2v) is 9.84. The van der Waals surface area contributed by atoms with Gasteiger partial charge in [0.05, 0.1) is 21.8 Å². The predicted octanol–water partition coefficient (Wildman–Crippen LogP) is 4.08. The zero-order chi connectivity index (χ0) is 26.6. The van der Waals surface area contributed by atoms with E-state index in [9.17, 15) is 9.59 Å². The number of amides is 1. The van der Waals surface area contributed by atoms with Crippen LogP contribution in [-0.4, -0.2) is 17.1 Å². The van der Waals surface area contributed by atoms with Crippen molar-refractivity contribution in [1.29, 1.82) is 5.26 Å². The van der Waals surface area contributed by atoms with E-state index >= 15 is 0 Å². The molecule has 188 valence electrons. The molecule has 1 atom stereocenters. The number of para-hydroxylation sites is 1. The van der Waals surface area contributed by atoms with E-state index in [-0.39, 0.29) is 18.1 Å². The number of aryl methyl sites for hydroxylation is 1. The number of benzene rings is 3. The van der Waals surface area contributed by atoms with Crippen molar-refractivity contribution in [2.45, 2.75) is 19.9 Å². The molecule has 0 unspecified atom stereocenters. The van der Waals surface area contributed by atoms with E-state index in [0.29, 0.717) is 32.0 Å². The number of carbonyl (C=O) groups excluding carboxylic acids is 1. The summed E-state index contributed by atoms with van der Waals surface area (Å²) in [5.74, 6) is 0.237. The summed E-state index contributed by atoms with van der Waals surface area (Å²) in [5, 5.41) is 11.8. The maximum Gasteiger partial charge on any atom is 0.271 e. The van der Waals surface area contributed by atoms with E-state index < -0.39 is 6.04 Å². The first-order valence-corrected chi connectivity index (χ1v) is 12.8. The average molecular weight is 521 g/mol. The van der Waals surface area contributed by atoms with Gasteiger partial charge in [0.15, 0.2) is 11.4 Å². The third-order valence-corrected chi connectivity index (χ3v) is 7.13. The highest BCUT2D eigenvalue weighted by Crippen LogP contribution is 2.31. The summed E-state index contributed by atoms with van der Waals surface area (Å²) in [6, 6.07) is 25.6. The zero-order valence-corrected chi connectivity index (χ0v) is 21.7. The largest absolute Gasteiger partial charge is 0.479 e. The van der Waals surface area contributed by atoms with Gasteiger partial charge in [-0.15, -0.1) is 0 Å². The van der Waals surface area contributed by atoms with Gasteiger partial charge >= 0.3 is 0 Å². The smallest absolute Gasteiger partial charge is 0.271 e. The average Bonchev–Trinajstić information content (AvgIpc) is 3.22. The van der Waals surface area contributed by atoms with Crippen LogP contribution >= 0.6 is 11.3 Å². The number of carbonyl (C=O) groups is 1. The number of anilines is 1. The van der Waals surface area contributed by atoms with E-state index in [1.54, 1.807) is 35.8 Å². The number of ether oxygens (including phenoxy) is 1. The van der Waals surface area contributed by atoms with Gasteiger partial charge < -0.3 is 10.1 Å². The maximum absolute atomic E-state index is 13.8. The van der Waals surface area contributed by atoms with Gasteiger partial charge in [-0.25, -0.2) is 4.99 Å². The van der Waals surface area contributed by atoms with E-state index in [1.165, 1.54) is 11.3 Å². The highest BCUT2D eigenvalue weighted by Gasteiger charge is 2.32. The van der Waals surface area contributed by atoms with Gasteiger partial charge in [-0.2, -0.15) is 5.26 Å². The Kier molecular flexibility index (Phi) is 7.03. The van der Waals surface area contributed by atoms with Crippen molar-refractivity contribution in [3.63, 3.8) is 0 Å².